The molecule has 3 unspecified atom stereocenters. The fraction of sp³-hybridized carbons (Fsp3) is 0.500. The molecule has 3 atom stereocenters. The van der Waals surface area contributed by atoms with Crippen molar-refractivity contribution in [1.29, 1.82) is 0 Å². The molecule has 0 aliphatic heterocycles. The van der Waals surface area contributed by atoms with Gasteiger partial charge in [0.2, 0.25) is 11.5 Å². The minimum Gasteiger partial charge on any atom is -0.490 e. The SMILES string of the molecule is COC1=C(OCc2ccccc2)C(O)C(C/C=C(\C)CC/C=C(\C)CCC=C(C)C)C(C)C1=O. The van der Waals surface area contributed by atoms with Crippen LogP contribution in [0.15, 0.2) is 76.8 Å². The molecule has 1 aromatic rings. The zero-order chi connectivity index (χ0) is 25.1. The van der Waals surface area contributed by atoms with Gasteiger partial charge in [-0.25, -0.2) is 0 Å². The first-order valence-corrected chi connectivity index (χ1v) is 12.4. The Kier molecular flexibility index (Phi) is 11.4. The van der Waals surface area contributed by atoms with Crippen molar-refractivity contribution in [3.8, 4) is 0 Å². The van der Waals surface area contributed by atoms with Crippen molar-refractivity contribution in [2.24, 2.45) is 11.8 Å². The maximum absolute atomic E-state index is 12.9. The zero-order valence-corrected chi connectivity index (χ0v) is 21.8. The molecule has 186 valence electrons. The van der Waals surface area contributed by atoms with Gasteiger partial charge in [0, 0.05) is 11.8 Å². The van der Waals surface area contributed by atoms with Crippen LogP contribution < -0.4 is 0 Å². The van der Waals surface area contributed by atoms with Crippen LogP contribution >= 0.6 is 0 Å². The van der Waals surface area contributed by atoms with Crippen molar-refractivity contribution in [3.63, 3.8) is 0 Å². The van der Waals surface area contributed by atoms with Crippen LogP contribution in [0.4, 0.5) is 0 Å². The number of hydrogen-bond acceptors (Lipinski definition) is 4. The maximum atomic E-state index is 12.9. The van der Waals surface area contributed by atoms with Gasteiger partial charge in [-0.1, -0.05) is 72.2 Å². The minimum absolute atomic E-state index is 0.109. The Morgan fingerprint density at radius 3 is 2.21 bits per heavy atom. The molecule has 4 nitrogen and oxygen atoms in total. The fourth-order valence-electron chi connectivity index (χ4n) is 4.22. The molecule has 0 radical (unpaired) electrons. The van der Waals surface area contributed by atoms with Gasteiger partial charge in [-0.2, -0.15) is 0 Å². The predicted octanol–water partition coefficient (Wildman–Crippen LogP) is 7.07. The van der Waals surface area contributed by atoms with E-state index in [1.54, 1.807) is 0 Å². The van der Waals surface area contributed by atoms with E-state index in [0.29, 0.717) is 6.42 Å². The van der Waals surface area contributed by atoms with Crippen molar-refractivity contribution >= 4 is 5.78 Å². The van der Waals surface area contributed by atoms with Gasteiger partial charge in [0.25, 0.3) is 0 Å². The molecule has 0 amide bonds. The van der Waals surface area contributed by atoms with Gasteiger partial charge in [0.05, 0.1) is 7.11 Å². The zero-order valence-electron chi connectivity index (χ0n) is 21.8. The van der Waals surface area contributed by atoms with E-state index in [2.05, 4.69) is 45.9 Å². The van der Waals surface area contributed by atoms with Gasteiger partial charge in [-0.3, -0.25) is 4.79 Å². The number of methoxy groups -OCH3 is 1. The molecule has 1 aliphatic carbocycles. The summed E-state index contributed by atoms with van der Waals surface area (Å²) in [6.07, 6.45) is 10.7. The smallest absolute Gasteiger partial charge is 0.204 e. The second kappa shape index (κ2) is 14.0. The highest BCUT2D eigenvalue weighted by atomic mass is 16.5. The van der Waals surface area contributed by atoms with Crippen LogP contribution in [-0.2, 0) is 20.9 Å². The molecule has 0 aromatic heterocycles. The van der Waals surface area contributed by atoms with E-state index in [-0.39, 0.29) is 35.7 Å². The number of aliphatic hydroxyl groups excluding tert-OH is 1. The van der Waals surface area contributed by atoms with Gasteiger partial charge in [-0.05, 0) is 65.4 Å². The summed E-state index contributed by atoms with van der Waals surface area (Å²) >= 11 is 0. The average molecular weight is 467 g/mol. The third-order valence-corrected chi connectivity index (χ3v) is 6.48. The molecule has 1 N–H and O–H groups in total. The number of hydrogen-bond donors (Lipinski definition) is 1. The highest BCUT2D eigenvalue weighted by molar-refractivity contribution is 5.97. The van der Waals surface area contributed by atoms with Crippen LogP contribution in [-0.4, -0.2) is 24.1 Å². The van der Waals surface area contributed by atoms with Gasteiger partial charge in [0.1, 0.15) is 12.7 Å². The Morgan fingerprint density at radius 1 is 0.971 bits per heavy atom. The molecule has 0 heterocycles. The Hall–Kier alpha value is -2.59. The second-order valence-electron chi connectivity index (χ2n) is 9.63. The van der Waals surface area contributed by atoms with E-state index in [1.807, 2.05) is 37.3 Å². The van der Waals surface area contributed by atoms with Gasteiger partial charge in [0.15, 0.2) is 5.76 Å². The number of Topliss-reactive ketones (excluding diaryl/α,β-unsaturated/α-hetero) is 1. The average Bonchev–Trinajstić information content (AvgIpc) is 2.81. The maximum Gasteiger partial charge on any atom is 0.204 e. The normalized spacial score (nSPS) is 21.5. The first-order valence-electron chi connectivity index (χ1n) is 12.4. The van der Waals surface area contributed by atoms with E-state index in [1.165, 1.54) is 23.8 Å². The fourth-order valence-corrected chi connectivity index (χ4v) is 4.22. The van der Waals surface area contributed by atoms with E-state index < -0.39 is 6.10 Å². The third kappa shape index (κ3) is 8.32. The van der Waals surface area contributed by atoms with Crippen LogP contribution in [0, 0.1) is 11.8 Å². The Labute approximate surface area is 206 Å². The summed E-state index contributed by atoms with van der Waals surface area (Å²) in [5.74, 6) is -0.298. The lowest BCUT2D eigenvalue weighted by Crippen LogP contribution is -2.40. The molecule has 1 aliphatic rings. The van der Waals surface area contributed by atoms with Crippen molar-refractivity contribution in [2.75, 3.05) is 7.11 Å². The lowest BCUT2D eigenvalue weighted by Gasteiger charge is -2.34. The van der Waals surface area contributed by atoms with Gasteiger partial charge < -0.3 is 14.6 Å². The third-order valence-electron chi connectivity index (χ3n) is 6.48. The van der Waals surface area contributed by atoms with E-state index in [9.17, 15) is 9.90 Å². The number of aliphatic hydroxyl groups is 1. The van der Waals surface area contributed by atoms with E-state index in [0.717, 1.165) is 31.2 Å². The molecule has 1 aromatic carbocycles. The van der Waals surface area contributed by atoms with E-state index >= 15 is 0 Å². The van der Waals surface area contributed by atoms with E-state index in [4.69, 9.17) is 9.47 Å². The van der Waals surface area contributed by atoms with Crippen LogP contribution in [0.1, 0.15) is 72.3 Å². The molecular formula is C30H42O4. The number of ether oxygens (including phenoxy) is 2. The van der Waals surface area contributed by atoms with Crippen molar-refractivity contribution in [3.05, 3.63) is 82.4 Å². The first kappa shape index (κ1) is 27.7. The second-order valence-corrected chi connectivity index (χ2v) is 9.63. The summed E-state index contributed by atoms with van der Waals surface area (Å²) in [6, 6.07) is 9.72. The van der Waals surface area contributed by atoms with Crippen LogP contribution in [0.5, 0.6) is 0 Å². The molecule has 0 saturated heterocycles. The van der Waals surface area contributed by atoms with Crippen molar-refractivity contribution in [2.45, 2.75) is 79.4 Å². The molecule has 0 bridgehead atoms. The van der Waals surface area contributed by atoms with Crippen molar-refractivity contribution in [1.82, 2.24) is 0 Å². The summed E-state index contributed by atoms with van der Waals surface area (Å²) in [4.78, 5) is 12.9. The summed E-state index contributed by atoms with van der Waals surface area (Å²) in [6.45, 7) is 10.7. The van der Waals surface area contributed by atoms with Crippen LogP contribution in [0.2, 0.25) is 0 Å². The number of benzene rings is 1. The first-order chi connectivity index (χ1) is 16.2. The number of carbonyl (C=O) groups excluding carboxylic acids is 1. The standard InChI is InChI=1S/C30H42O4/c1-21(2)12-10-13-22(3)14-11-15-23(4)18-19-26-24(5)27(31)29(33-6)30(28(26)32)34-20-25-16-8-7-9-17-25/h7-9,12,14,16-18,24,26,28,32H,10-11,13,15,19-20H2,1-6H3/b22-14+,23-18+. The molecule has 2 rings (SSSR count). The lowest BCUT2D eigenvalue weighted by atomic mass is 9.77. The highest BCUT2D eigenvalue weighted by Crippen LogP contribution is 2.36. The quantitative estimate of drug-likeness (QED) is 0.335. The summed E-state index contributed by atoms with van der Waals surface area (Å²) in [5.41, 5.74) is 5.03. The summed E-state index contributed by atoms with van der Waals surface area (Å²) in [5, 5.41) is 11.1. The van der Waals surface area contributed by atoms with Crippen molar-refractivity contribution < 1.29 is 19.4 Å². The Morgan fingerprint density at radius 2 is 1.59 bits per heavy atom. The van der Waals surface area contributed by atoms with Gasteiger partial charge >= 0.3 is 0 Å². The minimum atomic E-state index is -0.882. The van der Waals surface area contributed by atoms with Crippen LogP contribution in [0.3, 0.4) is 0 Å². The number of carbonyl (C=O) groups is 1. The molecular weight excluding hydrogens is 424 g/mol. The topological polar surface area (TPSA) is 55.8 Å². The Bertz CT molecular complexity index is 916. The largest absolute Gasteiger partial charge is 0.490 e. The molecule has 0 spiro atoms. The van der Waals surface area contributed by atoms with Crippen LogP contribution in [0.25, 0.3) is 0 Å². The number of allylic oxidation sites excluding steroid dienone is 7. The molecule has 34 heavy (non-hydrogen) atoms. The lowest BCUT2D eigenvalue weighted by molar-refractivity contribution is -0.128. The predicted molar refractivity (Wildman–Crippen MR) is 139 cm³/mol. The number of rotatable bonds is 12. The highest BCUT2D eigenvalue weighted by Gasteiger charge is 2.42. The summed E-state index contributed by atoms with van der Waals surface area (Å²) in [7, 11) is 1.46. The molecule has 4 heteroatoms. The molecule has 0 saturated carbocycles. The van der Waals surface area contributed by atoms with Gasteiger partial charge in [-0.15, -0.1) is 0 Å². The number of ketones is 1. The molecule has 0 fully saturated rings. The monoisotopic (exact) mass is 466 g/mol. The Balaban J connectivity index is 2.00. The summed E-state index contributed by atoms with van der Waals surface area (Å²) < 4.78 is 11.3.